The van der Waals surface area contributed by atoms with E-state index in [4.69, 9.17) is 5.73 Å². The third-order valence-electron chi connectivity index (χ3n) is 2.25. The number of nitrogen functional groups attached to an aromatic ring is 1. The number of rotatable bonds is 3. The van der Waals surface area contributed by atoms with E-state index in [9.17, 15) is 21.6 Å². The molecule has 0 unspecified atom stereocenters. The average molecular weight is 282 g/mol. The molecule has 0 aromatic heterocycles. The van der Waals surface area contributed by atoms with Crippen LogP contribution in [-0.2, 0) is 9.84 Å². The van der Waals surface area contributed by atoms with Crippen molar-refractivity contribution in [1.82, 2.24) is 0 Å². The number of nitrogens with two attached hydrogens (primary N) is 1. The Morgan fingerprint density at radius 3 is 2.28 bits per heavy atom. The molecule has 0 saturated carbocycles. The van der Waals surface area contributed by atoms with Crippen LogP contribution in [0.15, 0.2) is 23.1 Å². The summed E-state index contributed by atoms with van der Waals surface area (Å²) >= 11 is 0. The van der Waals surface area contributed by atoms with E-state index in [1.54, 1.807) is 0 Å². The van der Waals surface area contributed by atoms with Crippen molar-refractivity contribution in [2.75, 3.05) is 30.5 Å². The minimum atomic E-state index is -4.35. The fourth-order valence-corrected chi connectivity index (χ4v) is 2.12. The van der Waals surface area contributed by atoms with Gasteiger partial charge in [0, 0.05) is 13.3 Å². The zero-order valence-electron chi connectivity index (χ0n) is 9.82. The maximum atomic E-state index is 12.2. The predicted molar refractivity (Wildman–Crippen MR) is 63.3 cm³/mol. The molecule has 102 valence electrons. The molecule has 0 aliphatic rings. The van der Waals surface area contributed by atoms with Crippen molar-refractivity contribution in [2.24, 2.45) is 0 Å². The molecule has 0 atom stereocenters. The van der Waals surface area contributed by atoms with Crippen LogP contribution in [0.25, 0.3) is 0 Å². The van der Waals surface area contributed by atoms with E-state index in [1.165, 1.54) is 19.2 Å². The fraction of sp³-hybridized carbons (Fsp3) is 0.400. The van der Waals surface area contributed by atoms with E-state index in [-0.39, 0.29) is 16.3 Å². The number of alkyl halides is 3. The molecule has 2 N–H and O–H groups in total. The largest absolute Gasteiger partial charge is 0.405 e. The van der Waals surface area contributed by atoms with E-state index in [2.05, 4.69) is 0 Å². The summed E-state index contributed by atoms with van der Waals surface area (Å²) in [5.41, 5.74) is 5.69. The summed E-state index contributed by atoms with van der Waals surface area (Å²) in [7, 11) is -2.19. The number of hydrogen-bond acceptors (Lipinski definition) is 4. The fourth-order valence-electron chi connectivity index (χ4n) is 1.46. The molecule has 0 aliphatic heterocycles. The lowest BCUT2D eigenvalue weighted by molar-refractivity contribution is -0.119. The topological polar surface area (TPSA) is 63.4 Å². The van der Waals surface area contributed by atoms with Gasteiger partial charge in [-0.25, -0.2) is 8.42 Å². The Kier molecular flexibility index (Phi) is 3.80. The van der Waals surface area contributed by atoms with Crippen molar-refractivity contribution >= 4 is 21.2 Å². The molecule has 8 heteroatoms. The van der Waals surface area contributed by atoms with Gasteiger partial charge in [0.1, 0.15) is 6.54 Å². The predicted octanol–water partition coefficient (Wildman–Crippen LogP) is 1.67. The van der Waals surface area contributed by atoms with Crippen LogP contribution in [0.1, 0.15) is 0 Å². The third kappa shape index (κ3) is 3.80. The van der Waals surface area contributed by atoms with Gasteiger partial charge >= 0.3 is 6.18 Å². The Balaban J connectivity index is 3.07. The summed E-state index contributed by atoms with van der Waals surface area (Å²) in [5, 5.41) is 0. The van der Waals surface area contributed by atoms with Crippen LogP contribution >= 0.6 is 0 Å². The molecular weight excluding hydrogens is 269 g/mol. The van der Waals surface area contributed by atoms with Gasteiger partial charge in [0.25, 0.3) is 0 Å². The second-order valence-electron chi connectivity index (χ2n) is 3.96. The first-order chi connectivity index (χ1) is 8.00. The average Bonchev–Trinajstić information content (AvgIpc) is 2.12. The first-order valence-corrected chi connectivity index (χ1v) is 6.77. The Bertz CT molecular complexity index is 541. The van der Waals surface area contributed by atoms with Crippen LogP contribution in [0.3, 0.4) is 0 Å². The number of nitrogens with zero attached hydrogens (tertiary/aromatic N) is 1. The molecular formula is C10H13F3N2O2S. The standard InChI is InChI=1S/C10H13F3N2O2S/c1-15(6-10(11,12)13)9-4-3-7(5-8(9)14)18(2,16)17/h3-5H,6,14H2,1-2H3. The number of hydrogen-bond donors (Lipinski definition) is 1. The Morgan fingerprint density at radius 2 is 1.89 bits per heavy atom. The van der Waals surface area contributed by atoms with Crippen LogP contribution in [0, 0.1) is 0 Å². The lowest BCUT2D eigenvalue weighted by Gasteiger charge is -2.22. The monoisotopic (exact) mass is 282 g/mol. The summed E-state index contributed by atoms with van der Waals surface area (Å²) < 4.78 is 59.1. The number of halogens is 3. The van der Waals surface area contributed by atoms with E-state index < -0.39 is 22.6 Å². The zero-order valence-corrected chi connectivity index (χ0v) is 10.6. The molecule has 0 aliphatic carbocycles. The first-order valence-electron chi connectivity index (χ1n) is 4.88. The van der Waals surface area contributed by atoms with Gasteiger partial charge in [-0.05, 0) is 18.2 Å². The number of sulfone groups is 1. The van der Waals surface area contributed by atoms with Crippen molar-refractivity contribution in [3.05, 3.63) is 18.2 Å². The Morgan fingerprint density at radius 1 is 1.33 bits per heavy atom. The molecule has 4 nitrogen and oxygen atoms in total. The molecule has 0 radical (unpaired) electrons. The highest BCUT2D eigenvalue weighted by molar-refractivity contribution is 7.90. The molecule has 0 heterocycles. The highest BCUT2D eigenvalue weighted by atomic mass is 32.2. The van der Waals surface area contributed by atoms with Crippen molar-refractivity contribution in [1.29, 1.82) is 0 Å². The molecule has 1 aromatic rings. The van der Waals surface area contributed by atoms with Gasteiger partial charge < -0.3 is 10.6 Å². The van der Waals surface area contributed by atoms with Crippen LogP contribution in [0.2, 0.25) is 0 Å². The van der Waals surface area contributed by atoms with Crippen LogP contribution in [-0.4, -0.2) is 34.4 Å². The van der Waals surface area contributed by atoms with Gasteiger partial charge in [0.2, 0.25) is 0 Å². The minimum Gasteiger partial charge on any atom is -0.397 e. The normalized spacial score (nSPS) is 12.5. The third-order valence-corrected chi connectivity index (χ3v) is 3.37. The Labute approximate surface area is 103 Å². The highest BCUT2D eigenvalue weighted by Crippen LogP contribution is 2.28. The quantitative estimate of drug-likeness (QED) is 0.857. The van der Waals surface area contributed by atoms with Crippen molar-refractivity contribution in [3.8, 4) is 0 Å². The summed E-state index contributed by atoms with van der Waals surface area (Å²) in [6, 6.07) is 3.64. The smallest absolute Gasteiger partial charge is 0.397 e. The maximum Gasteiger partial charge on any atom is 0.405 e. The van der Waals surface area contributed by atoms with Crippen LogP contribution in [0.5, 0.6) is 0 Å². The number of benzene rings is 1. The van der Waals surface area contributed by atoms with Gasteiger partial charge in [-0.2, -0.15) is 13.2 Å². The lowest BCUT2D eigenvalue weighted by Crippen LogP contribution is -2.31. The van der Waals surface area contributed by atoms with E-state index >= 15 is 0 Å². The van der Waals surface area contributed by atoms with Gasteiger partial charge in [-0.1, -0.05) is 0 Å². The summed E-state index contributed by atoms with van der Waals surface area (Å²) in [6.07, 6.45) is -3.35. The SMILES string of the molecule is CN(CC(F)(F)F)c1ccc(S(C)(=O)=O)cc1N. The molecule has 18 heavy (non-hydrogen) atoms. The second-order valence-corrected chi connectivity index (χ2v) is 5.98. The van der Waals surface area contributed by atoms with Gasteiger partial charge in [-0.3, -0.25) is 0 Å². The van der Waals surface area contributed by atoms with E-state index in [1.807, 2.05) is 0 Å². The maximum absolute atomic E-state index is 12.2. The van der Waals surface area contributed by atoms with Crippen LogP contribution < -0.4 is 10.6 Å². The summed E-state index contributed by atoms with van der Waals surface area (Å²) in [5.74, 6) is 0. The molecule has 0 amide bonds. The second kappa shape index (κ2) is 4.68. The lowest BCUT2D eigenvalue weighted by atomic mass is 10.2. The molecule has 0 fully saturated rings. The molecule has 1 aromatic carbocycles. The Hall–Kier alpha value is -1.44. The molecule has 1 rings (SSSR count). The highest BCUT2D eigenvalue weighted by Gasteiger charge is 2.30. The van der Waals surface area contributed by atoms with E-state index in [0.29, 0.717) is 0 Å². The first kappa shape index (κ1) is 14.6. The molecule has 0 spiro atoms. The number of anilines is 2. The van der Waals surface area contributed by atoms with Gasteiger partial charge in [-0.15, -0.1) is 0 Å². The van der Waals surface area contributed by atoms with Crippen molar-refractivity contribution in [3.63, 3.8) is 0 Å². The van der Waals surface area contributed by atoms with Crippen molar-refractivity contribution < 1.29 is 21.6 Å². The molecule has 0 saturated heterocycles. The summed E-state index contributed by atoms with van der Waals surface area (Å²) in [4.78, 5) is 0.894. The van der Waals surface area contributed by atoms with Gasteiger partial charge in [0.15, 0.2) is 9.84 Å². The zero-order chi connectivity index (χ0) is 14.1. The van der Waals surface area contributed by atoms with E-state index in [0.717, 1.165) is 17.2 Å². The van der Waals surface area contributed by atoms with Crippen molar-refractivity contribution in [2.45, 2.75) is 11.1 Å². The summed E-state index contributed by atoms with van der Waals surface area (Å²) in [6.45, 7) is -1.16. The minimum absolute atomic E-state index is 0.00956. The van der Waals surface area contributed by atoms with Gasteiger partial charge in [0.05, 0.1) is 16.3 Å². The van der Waals surface area contributed by atoms with Crippen LogP contribution in [0.4, 0.5) is 24.5 Å². The molecule has 0 bridgehead atoms.